The highest BCUT2D eigenvalue weighted by atomic mass is 79.9. The molecule has 0 fully saturated rings. The van der Waals surface area contributed by atoms with Crippen molar-refractivity contribution in [3.63, 3.8) is 0 Å². The highest BCUT2D eigenvalue weighted by Crippen LogP contribution is 2.41. The molecule has 1 atom stereocenters. The van der Waals surface area contributed by atoms with Crippen molar-refractivity contribution in [2.24, 2.45) is 0 Å². The van der Waals surface area contributed by atoms with Crippen molar-refractivity contribution in [2.75, 3.05) is 0 Å². The number of aromatic nitrogens is 1. The third-order valence-electron chi connectivity index (χ3n) is 2.43. The minimum atomic E-state index is -4.53. The second kappa shape index (κ2) is 5.51. The first kappa shape index (κ1) is 15.0. The van der Waals surface area contributed by atoms with Crippen LogP contribution in [-0.2, 0) is 6.18 Å². The van der Waals surface area contributed by atoms with E-state index in [4.69, 9.17) is 0 Å². The van der Waals surface area contributed by atoms with Gasteiger partial charge in [0.2, 0.25) is 0 Å². The molecule has 2 aromatic rings. The second-order valence-corrected chi connectivity index (χ2v) is 7.39. The molecule has 0 bridgehead atoms. The molecule has 0 aromatic carbocycles. The third kappa shape index (κ3) is 3.18. The monoisotopic (exact) mass is 415 g/mol. The van der Waals surface area contributed by atoms with Gasteiger partial charge in [-0.25, -0.2) is 0 Å². The highest BCUT2D eigenvalue weighted by molar-refractivity contribution is 9.12. The van der Waals surface area contributed by atoms with Crippen molar-refractivity contribution >= 4 is 43.2 Å². The predicted octanol–water partition coefficient (Wildman–Crippen LogP) is 4.77. The molecule has 0 spiro atoms. The van der Waals surface area contributed by atoms with E-state index in [1.54, 1.807) is 6.07 Å². The van der Waals surface area contributed by atoms with Crippen molar-refractivity contribution in [1.82, 2.24) is 4.98 Å². The molecule has 2 rings (SSSR count). The average Bonchev–Trinajstić information content (AvgIpc) is 2.66. The molecule has 0 aliphatic carbocycles. The second-order valence-electron chi connectivity index (χ2n) is 3.64. The zero-order valence-electron chi connectivity index (χ0n) is 9.08. The predicted molar refractivity (Wildman–Crippen MR) is 73.0 cm³/mol. The zero-order chi connectivity index (χ0) is 14.2. The molecular formula is C11H6Br2F3NOS. The molecule has 0 aliphatic rings. The van der Waals surface area contributed by atoms with E-state index in [0.29, 0.717) is 13.1 Å². The maximum absolute atomic E-state index is 12.9. The van der Waals surface area contributed by atoms with Gasteiger partial charge in [0.15, 0.2) is 0 Å². The molecule has 19 heavy (non-hydrogen) atoms. The number of aliphatic hydroxyl groups is 1. The van der Waals surface area contributed by atoms with E-state index in [-0.39, 0.29) is 5.56 Å². The van der Waals surface area contributed by atoms with Gasteiger partial charge in [0, 0.05) is 23.5 Å². The number of halogens is 5. The fourth-order valence-electron chi connectivity index (χ4n) is 1.59. The van der Waals surface area contributed by atoms with E-state index < -0.39 is 17.8 Å². The number of aliphatic hydroxyl groups excluding tert-OH is 1. The molecule has 1 N–H and O–H groups in total. The lowest BCUT2D eigenvalue weighted by Crippen LogP contribution is -2.13. The molecule has 1 unspecified atom stereocenters. The van der Waals surface area contributed by atoms with Crippen LogP contribution in [0.15, 0.2) is 32.1 Å². The molecule has 0 saturated carbocycles. The van der Waals surface area contributed by atoms with Crippen LogP contribution in [-0.4, -0.2) is 10.1 Å². The summed E-state index contributed by atoms with van der Waals surface area (Å²) in [4.78, 5) is 3.66. The Hall–Kier alpha value is -0.440. The maximum atomic E-state index is 12.9. The number of alkyl halides is 3. The molecule has 0 amide bonds. The number of thiophene rings is 1. The Morgan fingerprint density at radius 3 is 2.47 bits per heavy atom. The lowest BCUT2D eigenvalue weighted by Gasteiger charge is -2.16. The van der Waals surface area contributed by atoms with Gasteiger partial charge in [0.05, 0.1) is 13.1 Å². The largest absolute Gasteiger partial charge is 0.416 e. The number of hydrogen-bond donors (Lipinski definition) is 1. The first-order valence-corrected chi connectivity index (χ1v) is 7.35. The van der Waals surface area contributed by atoms with E-state index in [2.05, 4.69) is 36.8 Å². The van der Waals surface area contributed by atoms with Crippen LogP contribution in [0.2, 0.25) is 0 Å². The van der Waals surface area contributed by atoms with Gasteiger partial charge in [0.1, 0.15) is 6.10 Å². The third-order valence-corrected chi connectivity index (χ3v) is 4.82. The smallest absolute Gasteiger partial charge is 0.384 e. The molecule has 2 nitrogen and oxygen atoms in total. The fourth-order valence-corrected chi connectivity index (χ4v) is 4.47. The van der Waals surface area contributed by atoms with Gasteiger partial charge < -0.3 is 5.11 Å². The first-order chi connectivity index (χ1) is 8.80. The van der Waals surface area contributed by atoms with Crippen molar-refractivity contribution in [3.05, 3.63) is 48.8 Å². The first-order valence-electron chi connectivity index (χ1n) is 4.94. The SMILES string of the molecule is OC(c1cnccc1C(F)(F)F)c1cc(Br)sc1Br. The fraction of sp³-hybridized carbons (Fsp3) is 0.182. The van der Waals surface area contributed by atoms with Gasteiger partial charge in [-0.2, -0.15) is 13.2 Å². The normalized spacial score (nSPS) is 13.6. The molecule has 0 radical (unpaired) electrons. The summed E-state index contributed by atoms with van der Waals surface area (Å²) in [5, 5.41) is 10.1. The lowest BCUT2D eigenvalue weighted by molar-refractivity contribution is -0.139. The van der Waals surface area contributed by atoms with Crippen LogP contribution >= 0.6 is 43.2 Å². The lowest BCUT2D eigenvalue weighted by atomic mass is 10.0. The quantitative estimate of drug-likeness (QED) is 0.764. The van der Waals surface area contributed by atoms with Crippen LogP contribution in [0.5, 0.6) is 0 Å². The van der Waals surface area contributed by atoms with Crippen LogP contribution in [0.1, 0.15) is 22.8 Å². The number of pyridine rings is 1. The number of rotatable bonds is 2. The molecule has 8 heteroatoms. The summed E-state index contributed by atoms with van der Waals surface area (Å²) >= 11 is 7.72. The van der Waals surface area contributed by atoms with Crippen molar-refractivity contribution in [2.45, 2.75) is 12.3 Å². The summed E-state index contributed by atoms with van der Waals surface area (Å²) in [5.41, 5.74) is -0.777. The van der Waals surface area contributed by atoms with E-state index in [1.807, 2.05) is 0 Å². The minimum Gasteiger partial charge on any atom is -0.384 e. The van der Waals surface area contributed by atoms with Gasteiger partial charge in [-0.15, -0.1) is 11.3 Å². The Labute approximate surface area is 127 Å². The molecular weight excluding hydrogens is 411 g/mol. The van der Waals surface area contributed by atoms with E-state index >= 15 is 0 Å². The molecule has 102 valence electrons. The standard InChI is InChI=1S/C11H6Br2F3NOS/c12-8-3-5(10(13)19-8)9(18)6-4-17-2-1-7(6)11(14,15)16/h1-4,9,18H. The van der Waals surface area contributed by atoms with Crippen LogP contribution < -0.4 is 0 Å². The van der Waals surface area contributed by atoms with Crippen LogP contribution in [0.3, 0.4) is 0 Å². The zero-order valence-corrected chi connectivity index (χ0v) is 13.1. The molecule has 2 aromatic heterocycles. The topological polar surface area (TPSA) is 33.1 Å². The van der Waals surface area contributed by atoms with Gasteiger partial charge in [-0.3, -0.25) is 4.98 Å². The summed E-state index contributed by atoms with van der Waals surface area (Å²) in [7, 11) is 0. The van der Waals surface area contributed by atoms with Crippen LogP contribution in [0, 0.1) is 0 Å². The van der Waals surface area contributed by atoms with E-state index in [0.717, 1.165) is 18.5 Å². The average molecular weight is 417 g/mol. The Bertz CT molecular complexity index is 600. The Morgan fingerprint density at radius 2 is 1.95 bits per heavy atom. The maximum Gasteiger partial charge on any atom is 0.416 e. The van der Waals surface area contributed by atoms with E-state index in [9.17, 15) is 18.3 Å². The summed E-state index contributed by atoms with van der Waals surface area (Å²) in [5.74, 6) is 0. The summed E-state index contributed by atoms with van der Waals surface area (Å²) in [6.45, 7) is 0. The molecule has 2 heterocycles. The van der Waals surface area contributed by atoms with Gasteiger partial charge in [0.25, 0.3) is 0 Å². The van der Waals surface area contributed by atoms with Gasteiger partial charge >= 0.3 is 6.18 Å². The summed E-state index contributed by atoms with van der Waals surface area (Å²) < 4.78 is 39.9. The van der Waals surface area contributed by atoms with Gasteiger partial charge in [-0.1, -0.05) is 0 Å². The molecule has 0 aliphatic heterocycles. The van der Waals surface area contributed by atoms with E-state index in [1.165, 1.54) is 11.3 Å². The Balaban J connectivity index is 2.50. The van der Waals surface area contributed by atoms with Crippen LogP contribution in [0.4, 0.5) is 13.2 Å². The summed E-state index contributed by atoms with van der Waals surface area (Å²) in [6.07, 6.45) is -3.83. The summed E-state index contributed by atoms with van der Waals surface area (Å²) in [6, 6.07) is 2.43. The Kier molecular flexibility index (Phi) is 4.34. The van der Waals surface area contributed by atoms with Crippen molar-refractivity contribution in [1.29, 1.82) is 0 Å². The minimum absolute atomic E-state index is 0.263. The highest BCUT2D eigenvalue weighted by Gasteiger charge is 2.35. The Morgan fingerprint density at radius 1 is 1.26 bits per heavy atom. The number of nitrogens with zero attached hydrogens (tertiary/aromatic N) is 1. The van der Waals surface area contributed by atoms with Crippen LogP contribution in [0.25, 0.3) is 0 Å². The molecule has 0 saturated heterocycles. The number of hydrogen-bond acceptors (Lipinski definition) is 3. The van der Waals surface area contributed by atoms with Crippen molar-refractivity contribution in [3.8, 4) is 0 Å². The van der Waals surface area contributed by atoms with Crippen molar-refractivity contribution < 1.29 is 18.3 Å². The van der Waals surface area contributed by atoms with Gasteiger partial charge in [-0.05, 0) is 44.0 Å².